The molecular weight excluding hydrogens is 216 g/mol. The third-order valence-corrected chi connectivity index (χ3v) is 2.58. The van der Waals surface area contributed by atoms with Gasteiger partial charge in [0.25, 0.3) is 0 Å². The standard InChI is InChI=1S/C9H15ClN4O/c1-7(10)9-11-8(12-13-9)6-14-2-4-15-5-3-14/h7H,2-6H2,1H3,(H,11,12,13). The number of H-pyrrole nitrogens is 1. The van der Waals surface area contributed by atoms with Gasteiger partial charge in [-0.15, -0.1) is 11.6 Å². The van der Waals surface area contributed by atoms with Gasteiger partial charge in [-0.2, -0.15) is 5.10 Å². The molecule has 0 bridgehead atoms. The van der Waals surface area contributed by atoms with Crippen molar-refractivity contribution in [2.45, 2.75) is 18.8 Å². The third kappa shape index (κ3) is 2.90. The second-order valence-electron chi connectivity index (χ2n) is 3.64. The summed E-state index contributed by atoms with van der Waals surface area (Å²) in [5.74, 6) is 1.54. The van der Waals surface area contributed by atoms with Crippen LogP contribution in [0, 0.1) is 0 Å². The number of halogens is 1. The van der Waals surface area contributed by atoms with Crippen LogP contribution in [0.1, 0.15) is 23.9 Å². The molecule has 1 aromatic heterocycles. The number of alkyl halides is 1. The van der Waals surface area contributed by atoms with Gasteiger partial charge in [0.2, 0.25) is 0 Å². The molecule has 1 N–H and O–H groups in total. The van der Waals surface area contributed by atoms with Crippen molar-refractivity contribution < 1.29 is 4.74 Å². The fourth-order valence-electron chi connectivity index (χ4n) is 1.53. The zero-order valence-electron chi connectivity index (χ0n) is 8.74. The fourth-order valence-corrected chi connectivity index (χ4v) is 1.63. The van der Waals surface area contributed by atoms with Crippen LogP contribution in [0.25, 0.3) is 0 Å². The Kier molecular flexibility index (Phi) is 3.56. The van der Waals surface area contributed by atoms with Gasteiger partial charge in [0, 0.05) is 13.1 Å². The van der Waals surface area contributed by atoms with Gasteiger partial charge >= 0.3 is 0 Å². The number of nitrogens with zero attached hydrogens (tertiary/aromatic N) is 3. The Bertz CT molecular complexity index is 309. The van der Waals surface area contributed by atoms with Gasteiger partial charge in [-0.25, -0.2) is 4.98 Å². The van der Waals surface area contributed by atoms with Crippen LogP contribution in [0.15, 0.2) is 0 Å². The van der Waals surface area contributed by atoms with Crippen molar-refractivity contribution in [1.82, 2.24) is 20.1 Å². The molecule has 2 rings (SSSR count). The molecule has 5 nitrogen and oxygen atoms in total. The van der Waals surface area contributed by atoms with Gasteiger partial charge in [-0.05, 0) is 6.92 Å². The number of hydrogen-bond acceptors (Lipinski definition) is 4. The molecule has 84 valence electrons. The summed E-state index contributed by atoms with van der Waals surface area (Å²) >= 11 is 5.88. The van der Waals surface area contributed by atoms with Crippen LogP contribution in [0.5, 0.6) is 0 Å². The molecule has 1 atom stereocenters. The van der Waals surface area contributed by atoms with Gasteiger partial charge in [-0.1, -0.05) is 0 Å². The minimum Gasteiger partial charge on any atom is -0.379 e. The molecule has 1 saturated heterocycles. The molecule has 1 unspecified atom stereocenters. The highest BCUT2D eigenvalue weighted by atomic mass is 35.5. The summed E-state index contributed by atoms with van der Waals surface area (Å²) in [5.41, 5.74) is 0. The van der Waals surface area contributed by atoms with Crippen LogP contribution in [-0.2, 0) is 11.3 Å². The average molecular weight is 231 g/mol. The Morgan fingerprint density at radius 2 is 2.27 bits per heavy atom. The first kappa shape index (κ1) is 10.9. The summed E-state index contributed by atoms with van der Waals surface area (Å²) in [7, 11) is 0. The zero-order valence-corrected chi connectivity index (χ0v) is 9.50. The SMILES string of the molecule is CC(Cl)c1n[nH]c(CN2CCOCC2)n1. The minimum absolute atomic E-state index is 0.139. The van der Waals surface area contributed by atoms with Crippen LogP contribution in [0.3, 0.4) is 0 Å². The Hall–Kier alpha value is -0.650. The predicted molar refractivity (Wildman–Crippen MR) is 56.7 cm³/mol. The first-order valence-electron chi connectivity index (χ1n) is 5.11. The molecule has 2 heterocycles. The predicted octanol–water partition coefficient (Wildman–Crippen LogP) is 0.937. The lowest BCUT2D eigenvalue weighted by Gasteiger charge is -2.25. The van der Waals surface area contributed by atoms with Gasteiger partial charge < -0.3 is 4.74 Å². The van der Waals surface area contributed by atoms with E-state index < -0.39 is 0 Å². The van der Waals surface area contributed by atoms with Crippen molar-refractivity contribution in [1.29, 1.82) is 0 Å². The topological polar surface area (TPSA) is 54.0 Å². The number of rotatable bonds is 3. The van der Waals surface area contributed by atoms with E-state index in [1.807, 2.05) is 6.92 Å². The lowest BCUT2D eigenvalue weighted by atomic mass is 10.4. The molecule has 0 amide bonds. The normalized spacial score (nSPS) is 20.4. The average Bonchev–Trinajstić information content (AvgIpc) is 2.68. The summed E-state index contributed by atoms with van der Waals surface area (Å²) in [4.78, 5) is 6.61. The van der Waals surface area contributed by atoms with Crippen molar-refractivity contribution in [2.75, 3.05) is 26.3 Å². The Morgan fingerprint density at radius 3 is 2.87 bits per heavy atom. The second-order valence-corrected chi connectivity index (χ2v) is 4.30. The van der Waals surface area contributed by atoms with Crippen molar-refractivity contribution in [3.63, 3.8) is 0 Å². The fraction of sp³-hybridized carbons (Fsp3) is 0.778. The van der Waals surface area contributed by atoms with Crippen molar-refractivity contribution in [3.05, 3.63) is 11.6 Å². The van der Waals surface area contributed by atoms with Gasteiger partial charge in [0.05, 0.1) is 25.1 Å². The summed E-state index contributed by atoms with van der Waals surface area (Å²) < 4.78 is 5.27. The Balaban J connectivity index is 1.91. The van der Waals surface area contributed by atoms with E-state index in [1.165, 1.54) is 0 Å². The van der Waals surface area contributed by atoms with Crippen molar-refractivity contribution >= 4 is 11.6 Å². The molecule has 6 heteroatoms. The molecule has 0 spiro atoms. The van der Waals surface area contributed by atoms with Gasteiger partial charge in [0.1, 0.15) is 5.82 Å². The van der Waals surface area contributed by atoms with E-state index in [4.69, 9.17) is 16.3 Å². The highest BCUT2D eigenvalue weighted by molar-refractivity contribution is 6.20. The number of nitrogens with one attached hydrogen (secondary N) is 1. The van der Waals surface area contributed by atoms with E-state index in [1.54, 1.807) is 0 Å². The highest BCUT2D eigenvalue weighted by Crippen LogP contribution is 2.14. The van der Waals surface area contributed by atoms with Gasteiger partial charge in [0.15, 0.2) is 5.82 Å². The van der Waals surface area contributed by atoms with E-state index >= 15 is 0 Å². The Labute approximate surface area is 93.8 Å². The van der Waals surface area contributed by atoms with Gasteiger partial charge in [-0.3, -0.25) is 10.00 Å². The largest absolute Gasteiger partial charge is 0.379 e. The van der Waals surface area contributed by atoms with Crippen molar-refractivity contribution in [2.24, 2.45) is 0 Å². The zero-order chi connectivity index (χ0) is 10.7. The number of aromatic nitrogens is 3. The minimum atomic E-state index is -0.139. The van der Waals surface area contributed by atoms with Crippen LogP contribution in [0.2, 0.25) is 0 Å². The van der Waals surface area contributed by atoms with Crippen LogP contribution < -0.4 is 0 Å². The number of aromatic amines is 1. The summed E-state index contributed by atoms with van der Waals surface area (Å²) in [6.07, 6.45) is 0. The van der Waals surface area contributed by atoms with E-state index in [9.17, 15) is 0 Å². The summed E-state index contributed by atoms with van der Waals surface area (Å²) in [6.45, 7) is 6.15. The molecule has 1 fully saturated rings. The van der Waals surface area contributed by atoms with E-state index in [-0.39, 0.29) is 5.38 Å². The molecule has 0 aromatic carbocycles. The molecular formula is C9H15ClN4O. The molecule has 0 saturated carbocycles. The summed E-state index contributed by atoms with van der Waals surface area (Å²) in [5, 5.41) is 6.82. The Morgan fingerprint density at radius 1 is 1.53 bits per heavy atom. The number of hydrogen-bond donors (Lipinski definition) is 1. The lowest BCUT2D eigenvalue weighted by molar-refractivity contribution is 0.0331. The smallest absolute Gasteiger partial charge is 0.168 e. The number of ether oxygens (including phenoxy) is 1. The maximum absolute atomic E-state index is 5.88. The number of morpholine rings is 1. The molecule has 1 aromatic rings. The molecule has 1 aliphatic rings. The first-order valence-corrected chi connectivity index (χ1v) is 5.54. The van der Waals surface area contributed by atoms with E-state index in [0.717, 1.165) is 38.7 Å². The summed E-state index contributed by atoms with van der Waals surface area (Å²) in [6, 6.07) is 0. The molecule has 15 heavy (non-hydrogen) atoms. The monoisotopic (exact) mass is 230 g/mol. The van der Waals surface area contributed by atoms with E-state index in [2.05, 4.69) is 20.1 Å². The molecule has 0 radical (unpaired) electrons. The molecule has 0 aliphatic carbocycles. The van der Waals surface area contributed by atoms with Crippen LogP contribution in [-0.4, -0.2) is 46.4 Å². The second kappa shape index (κ2) is 4.92. The quantitative estimate of drug-likeness (QED) is 0.786. The first-order chi connectivity index (χ1) is 7.25. The highest BCUT2D eigenvalue weighted by Gasteiger charge is 2.14. The van der Waals surface area contributed by atoms with Crippen LogP contribution >= 0.6 is 11.6 Å². The van der Waals surface area contributed by atoms with Crippen LogP contribution in [0.4, 0.5) is 0 Å². The molecule has 1 aliphatic heterocycles. The lowest BCUT2D eigenvalue weighted by Crippen LogP contribution is -2.35. The maximum atomic E-state index is 5.88. The van der Waals surface area contributed by atoms with E-state index in [0.29, 0.717) is 5.82 Å². The van der Waals surface area contributed by atoms with Crippen molar-refractivity contribution in [3.8, 4) is 0 Å². The third-order valence-electron chi connectivity index (χ3n) is 2.38. The maximum Gasteiger partial charge on any atom is 0.168 e.